The van der Waals surface area contributed by atoms with Crippen molar-refractivity contribution in [3.05, 3.63) is 51.4 Å². The van der Waals surface area contributed by atoms with Crippen molar-refractivity contribution in [1.82, 2.24) is 0 Å². The van der Waals surface area contributed by atoms with E-state index in [4.69, 9.17) is 5.73 Å². The molecule has 0 heterocycles. The molecule has 3 N–H and O–H groups in total. The van der Waals surface area contributed by atoms with Crippen LogP contribution in [0.15, 0.2) is 56.3 Å². The van der Waals surface area contributed by atoms with Gasteiger partial charge in [0.05, 0.1) is 16.5 Å². The highest BCUT2D eigenvalue weighted by molar-refractivity contribution is 9.10. The van der Waals surface area contributed by atoms with Gasteiger partial charge in [-0.25, -0.2) is 0 Å². The van der Waals surface area contributed by atoms with Crippen molar-refractivity contribution in [3.8, 4) is 0 Å². The number of benzene rings is 2. The molecule has 0 radical (unpaired) electrons. The van der Waals surface area contributed by atoms with E-state index in [0.29, 0.717) is 20.7 Å². The number of nitrogens with one attached hydrogen (secondary N) is 1. The Bertz CT molecular complexity index is 690. The van der Waals surface area contributed by atoms with Crippen LogP contribution >= 0.6 is 31.9 Å². The van der Waals surface area contributed by atoms with E-state index < -0.39 is 10.8 Å². The molecule has 0 spiro atoms. The van der Waals surface area contributed by atoms with E-state index in [-0.39, 0.29) is 11.7 Å². The molecule has 4 nitrogen and oxygen atoms in total. The molecule has 21 heavy (non-hydrogen) atoms. The van der Waals surface area contributed by atoms with Crippen LogP contribution in [0, 0.1) is 0 Å². The number of carbonyl (C=O) groups is 1. The predicted molar refractivity (Wildman–Crippen MR) is 92.6 cm³/mol. The summed E-state index contributed by atoms with van der Waals surface area (Å²) in [7, 11) is -1.38. The number of hydrogen-bond acceptors (Lipinski definition) is 3. The van der Waals surface area contributed by atoms with Crippen LogP contribution < -0.4 is 11.1 Å². The molecule has 2 rings (SSSR count). The third-order valence-electron chi connectivity index (χ3n) is 2.61. The molecule has 0 aliphatic rings. The van der Waals surface area contributed by atoms with Crippen LogP contribution in [-0.2, 0) is 15.6 Å². The Kier molecular flexibility index (Phi) is 5.55. The van der Waals surface area contributed by atoms with Crippen molar-refractivity contribution >= 4 is 59.9 Å². The van der Waals surface area contributed by atoms with E-state index in [1.54, 1.807) is 42.5 Å². The van der Waals surface area contributed by atoms with Crippen molar-refractivity contribution in [3.63, 3.8) is 0 Å². The molecule has 2 aromatic carbocycles. The molecule has 7 heteroatoms. The summed E-state index contributed by atoms with van der Waals surface area (Å²) in [6.45, 7) is 0. The fraction of sp³-hybridized carbons (Fsp3) is 0.0714. The van der Waals surface area contributed by atoms with Gasteiger partial charge in [-0.3, -0.25) is 9.00 Å². The van der Waals surface area contributed by atoms with Crippen molar-refractivity contribution in [2.45, 2.75) is 4.90 Å². The standard InChI is InChI=1S/C14H12Br2N2O2S/c15-9-1-4-11(5-2-9)21(20)8-14(19)18-13-6-3-10(17)7-12(13)16/h1-7H,8,17H2,(H,18,19). The second kappa shape index (κ2) is 7.20. The van der Waals surface area contributed by atoms with Gasteiger partial charge < -0.3 is 11.1 Å². The van der Waals surface area contributed by atoms with Crippen molar-refractivity contribution in [1.29, 1.82) is 0 Å². The van der Waals surface area contributed by atoms with Gasteiger partial charge in [0.15, 0.2) is 0 Å². The van der Waals surface area contributed by atoms with Gasteiger partial charge in [0.25, 0.3) is 0 Å². The summed E-state index contributed by atoms with van der Waals surface area (Å²) in [6, 6.07) is 12.1. The van der Waals surface area contributed by atoms with Crippen molar-refractivity contribution in [2.24, 2.45) is 0 Å². The highest BCUT2D eigenvalue weighted by Crippen LogP contribution is 2.24. The number of nitrogens with two attached hydrogens (primary N) is 1. The van der Waals surface area contributed by atoms with Gasteiger partial charge in [-0.05, 0) is 58.4 Å². The number of halogens is 2. The number of amides is 1. The maximum Gasteiger partial charge on any atom is 0.237 e. The normalized spacial score (nSPS) is 11.9. The fourth-order valence-electron chi connectivity index (χ4n) is 1.61. The Morgan fingerprint density at radius 2 is 1.81 bits per heavy atom. The lowest BCUT2D eigenvalue weighted by atomic mass is 10.3. The highest BCUT2D eigenvalue weighted by Gasteiger charge is 2.12. The van der Waals surface area contributed by atoms with E-state index in [0.717, 1.165) is 4.47 Å². The van der Waals surface area contributed by atoms with Crippen LogP contribution in [-0.4, -0.2) is 15.9 Å². The summed E-state index contributed by atoms with van der Waals surface area (Å²) in [5.41, 5.74) is 6.83. The summed E-state index contributed by atoms with van der Waals surface area (Å²) >= 11 is 6.63. The number of nitrogen functional groups attached to an aromatic ring is 1. The average Bonchev–Trinajstić information content (AvgIpc) is 2.42. The van der Waals surface area contributed by atoms with Crippen LogP contribution in [0.5, 0.6) is 0 Å². The van der Waals surface area contributed by atoms with Gasteiger partial charge >= 0.3 is 0 Å². The molecule has 110 valence electrons. The molecule has 1 amide bonds. The number of anilines is 2. The quantitative estimate of drug-likeness (QED) is 0.727. The van der Waals surface area contributed by atoms with Crippen LogP contribution in [0.2, 0.25) is 0 Å². The summed E-state index contributed by atoms with van der Waals surface area (Å²) < 4.78 is 13.7. The van der Waals surface area contributed by atoms with Gasteiger partial charge in [0.1, 0.15) is 5.75 Å². The molecule has 0 fully saturated rings. The lowest BCUT2D eigenvalue weighted by molar-refractivity contribution is -0.113. The van der Waals surface area contributed by atoms with Crippen LogP contribution in [0.3, 0.4) is 0 Å². The van der Waals surface area contributed by atoms with E-state index in [1.165, 1.54) is 0 Å². The first-order chi connectivity index (χ1) is 9.95. The van der Waals surface area contributed by atoms with Crippen LogP contribution in [0.1, 0.15) is 0 Å². The van der Waals surface area contributed by atoms with Gasteiger partial charge in [0.2, 0.25) is 5.91 Å². The maximum absolute atomic E-state index is 12.1. The van der Waals surface area contributed by atoms with Gasteiger partial charge in [-0.1, -0.05) is 15.9 Å². The Balaban J connectivity index is 2.01. The fourth-order valence-corrected chi connectivity index (χ4v) is 3.28. The first-order valence-corrected chi connectivity index (χ1v) is 8.85. The summed E-state index contributed by atoms with van der Waals surface area (Å²) in [4.78, 5) is 12.6. The molecule has 1 unspecified atom stereocenters. The Morgan fingerprint density at radius 3 is 2.43 bits per heavy atom. The third kappa shape index (κ3) is 4.66. The summed E-state index contributed by atoms with van der Waals surface area (Å²) in [5.74, 6) is -0.417. The highest BCUT2D eigenvalue weighted by atomic mass is 79.9. The Labute approximate surface area is 141 Å². The molecule has 2 aromatic rings. The molecular weight excluding hydrogens is 420 g/mol. The Morgan fingerprint density at radius 1 is 1.14 bits per heavy atom. The van der Waals surface area contributed by atoms with Crippen LogP contribution in [0.4, 0.5) is 11.4 Å². The zero-order valence-corrected chi connectivity index (χ0v) is 14.8. The average molecular weight is 432 g/mol. The van der Waals surface area contributed by atoms with Crippen molar-refractivity contribution in [2.75, 3.05) is 16.8 Å². The first kappa shape index (κ1) is 16.2. The second-order valence-electron chi connectivity index (χ2n) is 4.23. The maximum atomic E-state index is 12.1. The molecule has 0 saturated heterocycles. The first-order valence-electron chi connectivity index (χ1n) is 5.94. The molecule has 1 atom stereocenters. The summed E-state index contributed by atoms with van der Waals surface area (Å²) in [6.07, 6.45) is 0. The minimum Gasteiger partial charge on any atom is -0.399 e. The Hall–Kier alpha value is -1.18. The zero-order valence-electron chi connectivity index (χ0n) is 10.8. The SMILES string of the molecule is Nc1ccc(NC(=O)CS(=O)c2ccc(Br)cc2)c(Br)c1. The molecule has 0 aliphatic carbocycles. The lowest BCUT2D eigenvalue weighted by Gasteiger charge is -2.08. The van der Waals surface area contributed by atoms with E-state index in [1.807, 2.05) is 0 Å². The van der Waals surface area contributed by atoms with E-state index >= 15 is 0 Å². The van der Waals surface area contributed by atoms with Gasteiger partial charge in [-0.2, -0.15) is 0 Å². The second-order valence-corrected chi connectivity index (χ2v) is 7.45. The number of hydrogen-bond donors (Lipinski definition) is 2. The van der Waals surface area contributed by atoms with Gasteiger partial charge in [0, 0.05) is 19.5 Å². The molecule has 0 aliphatic heterocycles. The molecule has 0 saturated carbocycles. The van der Waals surface area contributed by atoms with Crippen LogP contribution in [0.25, 0.3) is 0 Å². The number of carbonyl (C=O) groups excluding carboxylic acids is 1. The molecule has 0 aromatic heterocycles. The molecular formula is C14H12Br2N2O2S. The summed E-state index contributed by atoms with van der Waals surface area (Å²) in [5, 5.41) is 2.71. The minimum atomic E-state index is -1.38. The minimum absolute atomic E-state index is 0.0988. The van der Waals surface area contributed by atoms with Crippen molar-refractivity contribution < 1.29 is 9.00 Å². The third-order valence-corrected chi connectivity index (χ3v) is 5.11. The van der Waals surface area contributed by atoms with E-state index in [9.17, 15) is 9.00 Å². The largest absolute Gasteiger partial charge is 0.399 e. The molecule has 0 bridgehead atoms. The predicted octanol–water partition coefficient (Wildman–Crippen LogP) is 3.54. The van der Waals surface area contributed by atoms with Gasteiger partial charge in [-0.15, -0.1) is 0 Å². The monoisotopic (exact) mass is 430 g/mol. The lowest BCUT2D eigenvalue weighted by Crippen LogP contribution is -2.19. The zero-order chi connectivity index (χ0) is 15.4. The number of rotatable bonds is 4. The van der Waals surface area contributed by atoms with E-state index in [2.05, 4.69) is 37.2 Å². The topological polar surface area (TPSA) is 72.2 Å². The smallest absolute Gasteiger partial charge is 0.237 e.